The number of amides is 1. The molecule has 0 bridgehead atoms. The summed E-state index contributed by atoms with van der Waals surface area (Å²) >= 11 is 0. The van der Waals surface area contributed by atoms with E-state index in [0.717, 1.165) is 11.1 Å². The van der Waals surface area contributed by atoms with Crippen molar-refractivity contribution in [2.75, 3.05) is 6.61 Å². The molecule has 0 spiro atoms. The van der Waals surface area contributed by atoms with Crippen molar-refractivity contribution in [2.24, 2.45) is 5.10 Å². The molecule has 5 nitrogen and oxygen atoms in total. The summed E-state index contributed by atoms with van der Waals surface area (Å²) in [6, 6.07) is 9.21. The maximum atomic E-state index is 11.6. The number of benzene rings is 1. The normalized spacial score (nSPS) is 10.7. The van der Waals surface area contributed by atoms with E-state index in [1.54, 1.807) is 12.1 Å². The molecule has 2 rings (SSSR count). The van der Waals surface area contributed by atoms with Gasteiger partial charge in [-0.3, -0.25) is 4.79 Å². The molecule has 0 saturated carbocycles. The monoisotopic (exact) mass is 272 g/mol. The van der Waals surface area contributed by atoms with Crippen LogP contribution in [0.5, 0.6) is 5.75 Å². The summed E-state index contributed by atoms with van der Waals surface area (Å²) in [6.45, 7) is 3.87. The maximum Gasteiger partial charge on any atom is 0.277 e. The quantitative estimate of drug-likeness (QED) is 0.671. The third kappa shape index (κ3) is 3.71. The van der Waals surface area contributed by atoms with E-state index in [4.69, 9.17) is 9.15 Å². The fraction of sp³-hybridized carbons (Fsp3) is 0.200. The van der Waals surface area contributed by atoms with Gasteiger partial charge in [0.25, 0.3) is 5.91 Å². The van der Waals surface area contributed by atoms with E-state index in [2.05, 4.69) is 10.5 Å². The zero-order valence-corrected chi connectivity index (χ0v) is 11.4. The summed E-state index contributed by atoms with van der Waals surface area (Å²) in [7, 11) is 0. The molecule has 0 aliphatic heterocycles. The molecular formula is C15H16N2O3. The fourth-order valence-electron chi connectivity index (χ4n) is 1.59. The number of nitrogens with zero attached hydrogens (tertiary/aromatic N) is 1. The van der Waals surface area contributed by atoms with Gasteiger partial charge in [0, 0.05) is 0 Å². The SMILES string of the molecule is Cc1cccc(OCC(=O)N/N=C/c2ccco2)c1C. The molecular weight excluding hydrogens is 256 g/mol. The van der Waals surface area contributed by atoms with E-state index in [-0.39, 0.29) is 12.5 Å². The molecule has 0 aliphatic carbocycles. The van der Waals surface area contributed by atoms with Gasteiger partial charge in [-0.25, -0.2) is 5.43 Å². The first-order valence-corrected chi connectivity index (χ1v) is 6.21. The highest BCUT2D eigenvalue weighted by Crippen LogP contribution is 2.20. The van der Waals surface area contributed by atoms with Crippen molar-refractivity contribution in [3.05, 3.63) is 53.5 Å². The summed E-state index contributed by atoms with van der Waals surface area (Å²) in [4.78, 5) is 11.6. The Balaban J connectivity index is 1.82. The molecule has 1 aromatic heterocycles. The number of carbonyl (C=O) groups excluding carboxylic acids is 1. The van der Waals surface area contributed by atoms with Crippen molar-refractivity contribution in [3.63, 3.8) is 0 Å². The second-order valence-electron chi connectivity index (χ2n) is 4.30. The Morgan fingerprint density at radius 3 is 2.95 bits per heavy atom. The number of furan rings is 1. The Bertz CT molecular complexity index is 604. The first-order chi connectivity index (χ1) is 9.66. The van der Waals surface area contributed by atoms with Crippen LogP contribution >= 0.6 is 0 Å². The van der Waals surface area contributed by atoms with Crippen molar-refractivity contribution >= 4 is 12.1 Å². The van der Waals surface area contributed by atoms with Crippen LogP contribution in [0, 0.1) is 13.8 Å². The van der Waals surface area contributed by atoms with Gasteiger partial charge in [0.2, 0.25) is 0 Å². The summed E-state index contributed by atoms with van der Waals surface area (Å²) in [5.41, 5.74) is 4.52. The van der Waals surface area contributed by atoms with Crippen molar-refractivity contribution in [3.8, 4) is 5.75 Å². The number of aryl methyl sites for hydroxylation is 1. The van der Waals surface area contributed by atoms with Gasteiger partial charge in [0.15, 0.2) is 6.61 Å². The standard InChI is InChI=1S/C15H16N2O3/c1-11-5-3-7-14(12(11)2)20-10-15(18)17-16-9-13-6-4-8-19-13/h3-9H,10H2,1-2H3,(H,17,18)/b16-9+. The van der Waals surface area contributed by atoms with E-state index in [9.17, 15) is 4.79 Å². The van der Waals surface area contributed by atoms with Crippen molar-refractivity contribution in [1.82, 2.24) is 5.43 Å². The minimum atomic E-state index is -0.325. The van der Waals surface area contributed by atoms with Gasteiger partial charge >= 0.3 is 0 Å². The van der Waals surface area contributed by atoms with E-state index in [0.29, 0.717) is 11.5 Å². The predicted molar refractivity (Wildman–Crippen MR) is 75.9 cm³/mol. The van der Waals surface area contributed by atoms with Crippen molar-refractivity contribution < 1.29 is 13.9 Å². The smallest absolute Gasteiger partial charge is 0.277 e. The Kier molecular flexibility index (Phi) is 4.55. The summed E-state index contributed by atoms with van der Waals surface area (Å²) in [6.07, 6.45) is 2.96. The first-order valence-electron chi connectivity index (χ1n) is 6.21. The van der Waals surface area contributed by atoms with E-state index >= 15 is 0 Å². The van der Waals surface area contributed by atoms with Crippen LogP contribution in [-0.4, -0.2) is 18.7 Å². The molecule has 0 aliphatic rings. The number of carbonyl (C=O) groups is 1. The van der Waals surface area contributed by atoms with Crippen LogP contribution in [0.1, 0.15) is 16.9 Å². The Morgan fingerprint density at radius 1 is 1.35 bits per heavy atom. The number of hydrazone groups is 1. The van der Waals surface area contributed by atoms with Crippen LogP contribution in [-0.2, 0) is 4.79 Å². The number of nitrogens with one attached hydrogen (secondary N) is 1. The maximum absolute atomic E-state index is 11.6. The fourth-order valence-corrected chi connectivity index (χ4v) is 1.59. The number of hydrogen-bond donors (Lipinski definition) is 1. The Labute approximate surface area is 117 Å². The highest BCUT2D eigenvalue weighted by atomic mass is 16.5. The predicted octanol–water partition coefficient (Wildman–Crippen LogP) is 2.43. The van der Waals surface area contributed by atoms with Gasteiger partial charge in [-0.2, -0.15) is 5.10 Å². The molecule has 1 heterocycles. The minimum absolute atomic E-state index is 0.0835. The van der Waals surface area contributed by atoms with E-state index < -0.39 is 0 Å². The largest absolute Gasteiger partial charge is 0.483 e. The van der Waals surface area contributed by atoms with Crippen LogP contribution in [0.25, 0.3) is 0 Å². The molecule has 0 saturated heterocycles. The summed E-state index contributed by atoms with van der Waals surface area (Å²) in [5, 5.41) is 3.77. The molecule has 5 heteroatoms. The second kappa shape index (κ2) is 6.56. The lowest BCUT2D eigenvalue weighted by molar-refractivity contribution is -0.123. The first kappa shape index (κ1) is 13.9. The zero-order valence-electron chi connectivity index (χ0n) is 11.4. The average molecular weight is 272 g/mol. The lowest BCUT2D eigenvalue weighted by Gasteiger charge is -2.09. The Morgan fingerprint density at radius 2 is 2.20 bits per heavy atom. The zero-order chi connectivity index (χ0) is 14.4. The van der Waals surface area contributed by atoms with E-state index in [1.807, 2.05) is 32.0 Å². The number of rotatable bonds is 5. The van der Waals surface area contributed by atoms with E-state index in [1.165, 1.54) is 12.5 Å². The molecule has 0 radical (unpaired) electrons. The minimum Gasteiger partial charge on any atom is -0.483 e. The molecule has 1 aromatic carbocycles. The van der Waals surface area contributed by atoms with Gasteiger partial charge in [-0.15, -0.1) is 0 Å². The average Bonchev–Trinajstić information content (AvgIpc) is 2.94. The highest BCUT2D eigenvalue weighted by Gasteiger charge is 2.05. The molecule has 0 unspecified atom stereocenters. The molecule has 20 heavy (non-hydrogen) atoms. The van der Waals surface area contributed by atoms with Gasteiger partial charge in [-0.1, -0.05) is 12.1 Å². The van der Waals surface area contributed by atoms with Crippen LogP contribution in [0.2, 0.25) is 0 Å². The van der Waals surface area contributed by atoms with Crippen LogP contribution in [0.3, 0.4) is 0 Å². The molecule has 1 N–H and O–H groups in total. The summed E-state index contributed by atoms with van der Waals surface area (Å²) in [5.74, 6) is 0.949. The van der Waals surface area contributed by atoms with Crippen molar-refractivity contribution in [1.29, 1.82) is 0 Å². The van der Waals surface area contributed by atoms with Gasteiger partial charge in [-0.05, 0) is 43.2 Å². The lowest BCUT2D eigenvalue weighted by atomic mass is 10.1. The van der Waals surface area contributed by atoms with Crippen LogP contribution in [0.4, 0.5) is 0 Å². The second-order valence-corrected chi connectivity index (χ2v) is 4.30. The number of hydrogen-bond acceptors (Lipinski definition) is 4. The Hall–Kier alpha value is -2.56. The van der Waals surface area contributed by atoms with Crippen molar-refractivity contribution in [2.45, 2.75) is 13.8 Å². The molecule has 0 atom stereocenters. The highest BCUT2D eigenvalue weighted by molar-refractivity contribution is 5.81. The van der Waals surface area contributed by atoms with Crippen LogP contribution < -0.4 is 10.2 Å². The van der Waals surface area contributed by atoms with Crippen LogP contribution in [0.15, 0.2) is 46.1 Å². The number of ether oxygens (including phenoxy) is 1. The topological polar surface area (TPSA) is 63.8 Å². The summed E-state index contributed by atoms with van der Waals surface area (Å²) < 4.78 is 10.5. The molecule has 2 aromatic rings. The van der Waals surface area contributed by atoms with Gasteiger partial charge < -0.3 is 9.15 Å². The lowest BCUT2D eigenvalue weighted by Crippen LogP contribution is -2.24. The van der Waals surface area contributed by atoms with Gasteiger partial charge in [0.05, 0.1) is 12.5 Å². The molecule has 1 amide bonds. The third-order valence-corrected chi connectivity index (χ3v) is 2.84. The molecule has 104 valence electrons. The molecule has 0 fully saturated rings. The third-order valence-electron chi connectivity index (χ3n) is 2.84. The van der Waals surface area contributed by atoms with Gasteiger partial charge in [0.1, 0.15) is 11.5 Å².